The highest BCUT2D eigenvalue weighted by molar-refractivity contribution is 5.72. The number of hydrogen-bond acceptors (Lipinski definition) is 2. The highest BCUT2D eigenvalue weighted by Gasteiger charge is 2.21. The summed E-state index contributed by atoms with van der Waals surface area (Å²) in [5, 5.41) is 0. The van der Waals surface area contributed by atoms with Gasteiger partial charge in [0.1, 0.15) is 5.82 Å². The number of benzene rings is 2. The SMILES string of the molecule is Cc1c(N2CCOCC2)cc(-c2ccc(C(C)C)cc2)n1-c1ccc(F)cc1. The maximum Gasteiger partial charge on any atom is 0.123 e. The van der Waals surface area contributed by atoms with Crippen LogP contribution in [-0.2, 0) is 4.74 Å². The van der Waals surface area contributed by atoms with Crippen molar-refractivity contribution in [3.05, 3.63) is 71.7 Å². The molecular formula is C24H27FN2O. The molecule has 0 aliphatic carbocycles. The van der Waals surface area contributed by atoms with Crippen molar-refractivity contribution in [2.75, 3.05) is 31.2 Å². The van der Waals surface area contributed by atoms with E-state index in [1.54, 1.807) is 0 Å². The molecule has 3 aromatic rings. The lowest BCUT2D eigenvalue weighted by molar-refractivity contribution is 0.122. The Labute approximate surface area is 166 Å². The molecule has 146 valence electrons. The first-order valence-corrected chi connectivity index (χ1v) is 9.96. The second-order valence-electron chi connectivity index (χ2n) is 7.69. The Balaban J connectivity index is 1.84. The fourth-order valence-electron chi connectivity index (χ4n) is 3.89. The lowest BCUT2D eigenvalue weighted by atomic mass is 10.0. The van der Waals surface area contributed by atoms with Crippen LogP contribution in [0.25, 0.3) is 16.9 Å². The van der Waals surface area contributed by atoms with E-state index in [0.29, 0.717) is 5.92 Å². The molecule has 0 amide bonds. The average Bonchev–Trinajstić information content (AvgIpc) is 3.06. The largest absolute Gasteiger partial charge is 0.378 e. The number of hydrogen-bond donors (Lipinski definition) is 0. The predicted octanol–water partition coefficient (Wildman–Crippen LogP) is 5.55. The van der Waals surface area contributed by atoms with Crippen LogP contribution < -0.4 is 4.90 Å². The van der Waals surface area contributed by atoms with Gasteiger partial charge in [-0.25, -0.2) is 4.39 Å². The molecule has 1 aromatic heterocycles. The van der Waals surface area contributed by atoms with Crippen LogP contribution >= 0.6 is 0 Å². The molecule has 4 rings (SSSR count). The zero-order chi connectivity index (χ0) is 19.7. The zero-order valence-corrected chi connectivity index (χ0v) is 16.8. The molecule has 3 nitrogen and oxygen atoms in total. The van der Waals surface area contributed by atoms with Gasteiger partial charge in [0.15, 0.2) is 0 Å². The topological polar surface area (TPSA) is 17.4 Å². The minimum absolute atomic E-state index is 0.218. The smallest absolute Gasteiger partial charge is 0.123 e. The van der Waals surface area contributed by atoms with Gasteiger partial charge in [-0.05, 0) is 54.3 Å². The molecule has 0 bridgehead atoms. The van der Waals surface area contributed by atoms with Gasteiger partial charge in [0.25, 0.3) is 0 Å². The van der Waals surface area contributed by atoms with Gasteiger partial charge < -0.3 is 14.2 Å². The maximum atomic E-state index is 13.5. The molecule has 0 unspecified atom stereocenters. The van der Waals surface area contributed by atoms with Crippen LogP contribution in [0.1, 0.15) is 31.0 Å². The summed E-state index contributed by atoms with van der Waals surface area (Å²) in [6, 6.07) is 17.8. The maximum absolute atomic E-state index is 13.5. The first-order chi connectivity index (χ1) is 13.5. The molecule has 4 heteroatoms. The van der Waals surface area contributed by atoms with Gasteiger partial charge in [-0.3, -0.25) is 0 Å². The summed E-state index contributed by atoms with van der Waals surface area (Å²) in [6.45, 7) is 9.83. The van der Waals surface area contributed by atoms with Crippen LogP contribution in [0.3, 0.4) is 0 Å². The van der Waals surface area contributed by atoms with Crippen molar-refractivity contribution in [2.45, 2.75) is 26.7 Å². The van der Waals surface area contributed by atoms with Gasteiger partial charge in [0.2, 0.25) is 0 Å². The van der Waals surface area contributed by atoms with Gasteiger partial charge in [-0.2, -0.15) is 0 Å². The van der Waals surface area contributed by atoms with E-state index < -0.39 is 0 Å². The number of anilines is 1. The third-order valence-electron chi connectivity index (χ3n) is 5.53. The van der Waals surface area contributed by atoms with E-state index in [0.717, 1.165) is 48.9 Å². The van der Waals surface area contributed by atoms with E-state index in [9.17, 15) is 4.39 Å². The second kappa shape index (κ2) is 7.80. The minimum atomic E-state index is -0.218. The number of aromatic nitrogens is 1. The fourth-order valence-corrected chi connectivity index (χ4v) is 3.89. The number of morpholine rings is 1. The van der Waals surface area contributed by atoms with Crippen LogP contribution in [0.2, 0.25) is 0 Å². The van der Waals surface area contributed by atoms with Crippen LogP contribution in [-0.4, -0.2) is 30.9 Å². The van der Waals surface area contributed by atoms with Crippen molar-refractivity contribution < 1.29 is 9.13 Å². The van der Waals surface area contributed by atoms with Crippen LogP contribution in [0.15, 0.2) is 54.6 Å². The summed E-state index contributed by atoms with van der Waals surface area (Å²) in [5.74, 6) is 0.286. The van der Waals surface area contributed by atoms with Crippen LogP contribution in [0, 0.1) is 12.7 Å². The molecule has 1 aliphatic rings. The molecule has 2 aromatic carbocycles. The van der Waals surface area contributed by atoms with Gasteiger partial charge in [-0.1, -0.05) is 38.1 Å². The van der Waals surface area contributed by atoms with E-state index in [4.69, 9.17) is 4.74 Å². The molecule has 0 spiro atoms. The standard InChI is InChI=1S/C24H27FN2O/c1-17(2)19-4-6-20(7-5-19)24-16-23(26-12-14-28-15-13-26)18(3)27(24)22-10-8-21(25)9-11-22/h4-11,16-17H,12-15H2,1-3H3. The number of nitrogens with zero attached hydrogens (tertiary/aromatic N) is 2. The van der Waals surface area contributed by atoms with Crippen molar-refractivity contribution >= 4 is 5.69 Å². The summed E-state index contributed by atoms with van der Waals surface area (Å²) in [4.78, 5) is 2.38. The Bertz CT molecular complexity index is 936. The second-order valence-corrected chi connectivity index (χ2v) is 7.69. The molecule has 0 atom stereocenters. The van der Waals surface area contributed by atoms with Crippen molar-refractivity contribution in [3.8, 4) is 16.9 Å². The fraction of sp³-hybridized carbons (Fsp3) is 0.333. The van der Waals surface area contributed by atoms with Gasteiger partial charge in [-0.15, -0.1) is 0 Å². The molecule has 1 aliphatic heterocycles. The molecule has 0 saturated carbocycles. The Hall–Kier alpha value is -2.59. The molecule has 2 heterocycles. The van der Waals surface area contributed by atoms with Crippen molar-refractivity contribution in [1.82, 2.24) is 4.57 Å². The molecule has 1 fully saturated rings. The molecule has 0 N–H and O–H groups in total. The van der Waals surface area contributed by atoms with Gasteiger partial charge >= 0.3 is 0 Å². The van der Waals surface area contributed by atoms with Gasteiger partial charge in [0, 0.05) is 24.5 Å². The summed E-state index contributed by atoms with van der Waals surface area (Å²) in [7, 11) is 0. The number of ether oxygens (including phenoxy) is 1. The van der Waals surface area contributed by atoms with Crippen molar-refractivity contribution in [2.24, 2.45) is 0 Å². The Morgan fingerprint density at radius 2 is 1.57 bits per heavy atom. The summed E-state index contributed by atoms with van der Waals surface area (Å²) < 4.78 is 21.3. The lowest BCUT2D eigenvalue weighted by Crippen LogP contribution is -2.36. The quantitative estimate of drug-likeness (QED) is 0.592. The Morgan fingerprint density at radius 1 is 0.929 bits per heavy atom. The van der Waals surface area contributed by atoms with E-state index >= 15 is 0 Å². The monoisotopic (exact) mass is 378 g/mol. The highest BCUT2D eigenvalue weighted by atomic mass is 19.1. The summed E-state index contributed by atoms with van der Waals surface area (Å²) >= 11 is 0. The van der Waals surface area contributed by atoms with E-state index in [2.05, 4.69) is 60.6 Å². The van der Waals surface area contributed by atoms with E-state index in [-0.39, 0.29) is 5.82 Å². The first-order valence-electron chi connectivity index (χ1n) is 9.96. The van der Waals surface area contributed by atoms with E-state index in [1.807, 2.05) is 12.1 Å². The molecule has 1 saturated heterocycles. The normalized spacial score (nSPS) is 14.7. The number of rotatable bonds is 4. The average molecular weight is 378 g/mol. The van der Waals surface area contributed by atoms with Crippen molar-refractivity contribution in [3.63, 3.8) is 0 Å². The third-order valence-corrected chi connectivity index (χ3v) is 5.53. The summed E-state index contributed by atoms with van der Waals surface area (Å²) in [5.41, 5.74) is 6.97. The first kappa shape index (κ1) is 18.8. The van der Waals surface area contributed by atoms with Gasteiger partial charge in [0.05, 0.1) is 24.6 Å². The Kier molecular flexibility index (Phi) is 5.23. The van der Waals surface area contributed by atoms with Crippen LogP contribution in [0.5, 0.6) is 0 Å². The molecule has 28 heavy (non-hydrogen) atoms. The zero-order valence-electron chi connectivity index (χ0n) is 16.8. The molecule has 0 radical (unpaired) electrons. The predicted molar refractivity (Wildman–Crippen MR) is 113 cm³/mol. The minimum Gasteiger partial charge on any atom is -0.378 e. The molecular weight excluding hydrogens is 351 g/mol. The van der Waals surface area contributed by atoms with Crippen molar-refractivity contribution in [1.29, 1.82) is 0 Å². The van der Waals surface area contributed by atoms with Crippen LogP contribution in [0.4, 0.5) is 10.1 Å². The van der Waals surface area contributed by atoms with E-state index in [1.165, 1.54) is 23.4 Å². The Morgan fingerprint density at radius 3 is 2.18 bits per heavy atom. The number of halogens is 1. The third kappa shape index (κ3) is 3.57. The lowest BCUT2D eigenvalue weighted by Gasteiger charge is -2.28. The highest BCUT2D eigenvalue weighted by Crippen LogP contribution is 2.35. The summed E-state index contributed by atoms with van der Waals surface area (Å²) in [6.07, 6.45) is 0.